The van der Waals surface area contributed by atoms with Crippen molar-refractivity contribution in [2.24, 2.45) is 10.9 Å². The number of hydrogen-bond donors (Lipinski definition) is 0. The first-order chi connectivity index (χ1) is 17.8. The Kier molecular flexibility index (Phi) is 4.89. The molecule has 2 nitrogen and oxygen atoms in total. The van der Waals surface area contributed by atoms with Gasteiger partial charge in [-0.15, -0.1) is 0 Å². The van der Waals surface area contributed by atoms with Gasteiger partial charge in [0.25, 0.3) is 0 Å². The van der Waals surface area contributed by atoms with E-state index in [1.165, 1.54) is 5.56 Å². The molecule has 1 aromatic heterocycles. The molecule has 7 rings (SSSR count). The van der Waals surface area contributed by atoms with E-state index in [1.807, 2.05) is 18.2 Å². The largest absolute Gasteiger partial charge is 0.455 e. The molecule has 0 bridgehead atoms. The summed E-state index contributed by atoms with van der Waals surface area (Å²) in [5, 5.41) is 4.45. The number of aliphatic imine (C=N–C) groups is 1. The molecule has 4 aromatic carbocycles. The van der Waals surface area contributed by atoms with Gasteiger partial charge >= 0.3 is 0 Å². The Bertz CT molecular complexity index is 1760. The molecular weight excluding hydrogens is 464 g/mol. The zero-order valence-electron chi connectivity index (χ0n) is 21.4. The molecule has 2 heterocycles. The van der Waals surface area contributed by atoms with Crippen LogP contribution in [0.2, 0.25) is 0 Å². The average molecular weight is 494 g/mol. The summed E-state index contributed by atoms with van der Waals surface area (Å²) in [6.07, 6.45) is 1.33. The lowest BCUT2D eigenvalue weighted by atomic mass is 9.86. The normalized spacial score (nSPS) is 18.5. The van der Waals surface area contributed by atoms with Crippen LogP contribution in [-0.4, -0.2) is 11.6 Å². The summed E-state index contributed by atoms with van der Waals surface area (Å²) < 4.78 is 34.9. The lowest BCUT2D eigenvalue weighted by molar-refractivity contribution is 0.00777. The molecule has 2 aliphatic rings. The highest BCUT2D eigenvalue weighted by Gasteiger charge is 2.40. The number of halogens is 2. The molecule has 1 aliphatic carbocycles. The molecular formula is C33H29F2NO. The number of fused-ring (bicyclic) bond motifs is 3. The SMILES string of the molecule is Cc1cc(C2=Nc3ccc(CC(C)C)c4cc(C5CCC(F)(F)C5)cc2c34)c2oc3ccccc3c2c1. The van der Waals surface area contributed by atoms with E-state index in [0.29, 0.717) is 12.3 Å². The third-order valence-corrected chi connectivity index (χ3v) is 8.07. The van der Waals surface area contributed by atoms with Gasteiger partial charge in [-0.3, -0.25) is 0 Å². The van der Waals surface area contributed by atoms with E-state index >= 15 is 0 Å². The molecule has 37 heavy (non-hydrogen) atoms. The van der Waals surface area contributed by atoms with Crippen molar-refractivity contribution in [1.82, 2.24) is 0 Å². The van der Waals surface area contributed by atoms with Crippen LogP contribution in [0, 0.1) is 12.8 Å². The van der Waals surface area contributed by atoms with Crippen molar-refractivity contribution in [3.63, 3.8) is 0 Å². The second-order valence-electron chi connectivity index (χ2n) is 11.4. The van der Waals surface area contributed by atoms with Crippen LogP contribution in [0.4, 0.5) is 14.5 Å². The minimum atomic E-state index is -2.59. The summed E-state index contributed by atoms with van der Waals surface area (Å²) >= 11 is 0. The van der Waals surface area contributed by atoms with Crippen molar-refractivity contribution in [3.05, 3.63) is 88.5 Å². The number of alkyl halides is 2. The number of benzene rings is 4. The number of nitrogens with zero attached hydrogens (tertiary/aromatic N) is 1. The lowest BCUT2D eigenvalue weighted by Crippen LogP contribution is -2.09. The molecule has 0 N–H and O–H groups in total. The molecule has 4 heteroatoms. The smallest absolute Gasteiger partial charge is 0.248 e. The average Bonchev–Trinajstić information content (AvgIpc) is 3.53. The highest BCUT2D eigenvalue weighted by atomic mass is 19.3. The predicted octanol–water partition coefficient (Wildman–Crippen LogP) is 9.63. The number of para-hydroxylation sites is 1. The monoisotopic (exact) mass is 493 g/mol. The molecule has 0 amide bonds. The van der Waals surface area contributed by atoms with Gasteiger partial charge in [-0.1, -0.05) is 44.2 Å². The zero-order valence-corrected chi connectivity index (χ0v) is 21.4. The first-order valence-electron chi connectivity index (χ1n) is 13.3. The second-order valence-corrected chi connectivity index (χ2v) is 11.4. The van der Waals surface area contributed by atoms with Gasteiger partial charge in [0.15, 0.2) is 0 Å². The first-order valence-corrected chi connectivity index (χ1v) is 13.3. The molecule has 186 valence electrons. The molecule has 1 saturated carbocycles. The molecule has 5 aromatic rings. The van der Waals surface area contributed by atoms with Crippen LogP contribution in [0.3, 0.4) is 0 Å². The molecule has 0 spiro atoms. The third-order valence-electron chi connectivity index (χ3n) is 8.07. The molecule has 1 fully saturated rings. The van der Waals surface area contributed by atoms with Gasteiger partial charge in [-0.25, -0.2) is 13.8 Å². The van der Waals surface area contributed by atoms with Gasteiger partial charge < -0.3 is 4.42 Å². The van der Waals surface area contributed by atoms with E-state index in [9.17, 15) is 8.78 Å². The molecule has 0 radical (unpaired) electrons. The van der Waals surface area contributed by atoms with E-state index in [0.717, 1.165) is 72.8 Å². The fourth-order valence-corrected chi connectivity index (χ4v) is 6.45. The molecule has 1 aliphatic heterocycles. The molecule has 1 unspecified atom stereocenters. The Morgan fingerprint density at radius 2 is 1.81 bits per heavy atom. The van der Waals surface area contributed by atoms with Crippen molar-refractivity contribution in [2.75, 3.05) is 0 Å². The Morgan fingerprint density at radius 1 is 0.973 bits per heavy atom. The second kappa shape index (κ2) is 7.98. The minimum absolute atomic E-state index is 0.0393. The maximum absolute atomic E-state index is 14.3. The van der Waals surface area contributed by atoms with Crippen molar-refractivity contribution >= 4 is 44.1 Å². The van der Waals surface area contributed by atoms with E-state index < -0.39 is 5.92 Å². The van der Waals surface area contributed by atoms with Crippen LogP contribution in [-0.2, 0) is 6.42 Å². The Balaban J connectivity index is 1.49. The van der Waals surface area contributed by atoms with Crippen molar-refractivity contribution in [1.29, 1.82) is 0 Å². The van der Waals surface area contributed by atoms with Gasteiger partial charge in [0.1, 0.15) is 11.2 Å². The van der Waals surface area contributed by atoms with E-state index in [-0.39, 0.29) is 18.8 Å². The fraction of sp³-hybridized carbons (Fsp3) is 0.303. The van der Waals surface area contributed by atoms with Gasteiger partial charge in [-0.2, -0.15) is 0 Å². The highest BCUT2D eigenvalue weighted by molar-refractivity contribution is 6.30. The summed E-state index contributed by atoms with van der Waals surface area (Å²) in [6, 6.07) is 21.0. The van der Waals surface area contributed by atoms with Crippen LogP contribution in [0.5, 0.6) is 0 Å². The summed E-state index contributed by atoms with van der Waals surface area (Å²) in [7, 11) is 0. The van der Waals surface area contributed by atoms with Crippen molar-refractivity contribution in [3.8, 4) is 0 Å². The van der Waals surface area contributed by atoms with Gasteiger partial charge in [0.2, 0.25) is 5.92 Å². The molecule has 1 atom stereocenters. The Hall–Kier alpha value is -3.53. The van der Waals surface area contributed by atoms with E-state index in [4.69, 9.17) is 9.41 Å². The number of furan rings is 1. The Labute approximate surface area is 215 Å². The van der Waals surface area contributed by atoms with Crippen LogP contribution in [0.15, 0.2) is 70.1 Å². The number of aryl methyl sites for hydroxylation is 1. The van der Waals surface area contributed by atoms with Crippen molar-refractivity contribution < 1.29 is 13.2 Å². The fourth-order valence-electron chi connectivity index (χ4n) is 6.45. The summed E-state index contributed by atoms with van der Waals surface area (Å²) in [4.78, 5) is 5.15. The predicted molar refractivity (Wildman–Crippen MR) is 148 cm³/mol. The minimum Gasteiger partial charge on any atom is -0.455 e. The van der Waals surface area contributed by atoms with Crippen LogP contribution in [0.25, 0.3) is 32.7 Å². The van der Waals surface area contributed by atoms with Crippen LogP contribution < -0.4 is 0 Å². The lowest BCUT2D eigenvalue weighted by Gasteiger charge is -2.17. The maximum Gasteiger partial charge on any atom is 0.248 e. The van der Waals surface area contributed by atoms with Gasteiger partial charge in [0.05, 0.1) is 11.4 Å². The van der Waals surface area contributed by atoms with Gasteiger partial charge in [0, 0.05) is 40.1 Å². The Morgan fingerprint density at radius 3 is 2.59 bits per heavy atom. The third kappa shape index (κ3) is 3.60. The van der Waals surface area contributed by atoms with Crippen LogP contribution >= 0.6 is 0 Å². The molecule has 0 saturated heterocycles. The van der Waals surface area contributed by atoms with E-state index in [1.54, 1.807) is 0 Å². The maximum atomic E-state index is 14.3. The van der Waals surface area contributed by atoms with Crippen molar-refractivity contribution in [2.45, 2.75) is 58.3 Å². The summed E-state index contributed by atoms with van der Waals surface area (Å²) in [6.45, 7) is 6.53. The van der Waals surface area contributed by atoms with E-state index in [2.05, 4.69) is 63.2 Å². The standard InChI is InChI=1S/C33H29F2NO/c1-18(2)12-20-8-9-28-30-24(20)15-22(21-10-11-33(34,35)17-21)16-26(30)31(36-28)27-14-19(3)13-25-23-6-4-5-7-29(23)37-32(25)27/h4-9,13-16,18,21H,10-12,17H2,1-3H3. The van der Waals surface area contributed by atoms with Crippen LogP contribution in [0.1, 0.15) is 66.8 Å². The first kappa shape index (κ1) is 22.7. The summed E-state index contributed by atoms with van der Waals surface area (Å²) in [5.74, 6) is -2.24. The van der Waals surface area contributed by atoms with Gasteiger partial charge in [-0.05, 0) is 84.0 Å². The summed E-state index contributed by atoms with van der Waals surface area (Å²) in [5.41, 5.74) is 8.90. The zero-order chi connectivity index (χ0) is 25.5. The highest BCUT2D eigenvalue weighted by Crippen LogP contribution is 2.48. The quantitative estimate of drug-likeness (QED) is 0.240. The topological polar surface area (TPSA) is 25.5 Å². The number of rotatable bonds is 4. The number of hydrogen-bond acceptors (Lipinski definition) is 2.